The van der Waals surface area contributed by atoms with Crippen molar-refractivity contribution in [3.8, 4) is 0 Å². The molecule has 0 radical (unpaired) electrons. The zero-order valence-electron chi connectivity index (χ0n) is 9.43. The van der Waals surface area contributed by atoms with E-state index in [-0.39, 0.29) is 0 Å². The zero-order chi connectivity index (χ0) is 11.6. The predicted molar refractivity (Wildman–Crippen MR) is 64.0 cm³/mol. The highest BCUT2D eigenvalue weighted by Gasteiger charge is 1.94. The van der Waals surface area contributed by atoms with Crippen LogP contribution in [-0.2, 0) is 11.2 Å². The van der Waals surface area contributed by atoms with Gasteiger partial charge in [-0.15, -0.1) is 0 Å². The Kier molecular flexibility index (Phi) is 11.5. The minimum Gasteiger partial charge on any atom is -0.307 e. The van der Waals surface area contributed by atoms with Crippen molar-refractivity contribution in [2.24, 2.45) is 0 Å². The smallest absolute Gasteiger partial charge is 0.106 e. The first-order chi connectivity index (χ1) is 6.74. The fraction of sp³-hybridized carbons (Fsp3) is 0.417. The molecule has 0 atom stereocenters. The lowest BCUT2D eigenvalue weighted by Gasteiger charge is -2.01. The van der Waals surface area contributed by atoms with E-state index in [1.807, 2.05) is 32.8 Å². The molecule has 0 saturated heterocycles. The van der Waals surface area contributed by atoms with Crippen LogP contribution in [0.5, 0.6) is 0 Å². The van der Waals surface area contributed by atoms with Gasteiger partial charge in [-0.3, -0.25) is 0 Å². The van der Waals surface area contributed by atoms with E-state index in [2.05, 4.69) is 19.9 Å². The van der Waals surface area contributed by atoms with Crippen LogP contribution in [0.2, 0.25) is 5.02 Å². The van der Waals surface area contributed by atoms with Crippen LogP contribution in [-0.4, -0.2) is 6.79 Å². The number of halogens is 1. The van der Waals surface area contributed by atoms with Crippen LogP contribution in [0.3, 0.4) is 0 Å². The lowest BCUT2D eigenvalue weighted by Crippen LogP contribution is -1.84. The van der Waals surface area contributed by atoms with Crippen LogP contribution in [0.25, 0.3) is 0 Å². The number of benzene rings is 1. The minimum absolute atomic E-state index is 0.836. The Morgan fingerprint density at radius 3 is 2.14 bits per heavy atom. The van der Waals surface area contributed by atoms with Crippen LogP contribution >= 0.6 is 11.6 Å². The second-order valence-electron chi connectivity index (χ2n) is 2.42. The standard InChI is InChI=1S/C9H11Cl.C2H6.CH2O/c1-3-8-6-9(10)5-4-7(8)2;2*1-2/h4-6H,3H2,1-2H3;1-2H3;1H2. The first-order valence-corrected chi connectivity index (χ1v) is 5.15. The molecule has 0 spiro atoms. The Labute approximate surface area is 92.1 Å². The molecule has 0 aromatic heterocycles. The van der Waals surface area contributed by atoms with E-state index < -0.39 is 0 Å². The van der Waals surface area contributed by atoms with Crippen molar-refractivity contribution in [1.29, 1.82) is 0 Å². The molecule has 2 heteroatoms. The summed E-state index contributed by atoms with van der Waals surface area (Å²) in [6.45, 7) is 10.2. The van der Waals surface area contributed by atoms with Gasteiger partial charge in [-0.1, -0.05) is 38.4 Å². The third-order valence-electron chi connectivity index (χ3n) is 1.69. The molecule has 1 aromatic rings. The van der Waals surface area contributed by atoms with E-state index in [9.17, 15) is 0 Å². The summed E-state index contributed by atoms with van der Waals surface area (Å²) in [4.78, 5) is 8.00. The van der Waals surface area contributed by atoms with Gasteiger partial charge in [0.15, 0.2) is 0 Å². The van der Waals surface area contributed by atoms with E-state index in [0.717, 1.165) is 11.4 Å². The topological polar surface area (TPSA) is 17.1 Å². The van der Waals surface area contributed by atoms with Crippen molar-refractivity contribution >= 4 is 18.4 Å². The Balaban J connectivity index is 0. The Morgan fingerprint density at radius 1 is 1.29 bits per heavy atom. The number of hydrogen-bond donors (Lipinski definition) is 0. The normalized spacial score (nSPS) is 7.79. The van der Waals surface area contributed by atoms with Gasteiger partial charge in [0.05, 0.1) is 0 Å². The molecule has 0 aliphatic heterocycles. The zero-order valence-corrected chi connectivity index (χ0v) is 10.2. The molecule has 0 unspecified atom stereocenters. The monoisotopic (exact) mass is 214 g/mol. The molecule has 1 nitrogen and oxygen atoms in total. The van der Waals surface area contributed by atoms with Gasteiger partial charge in [0.25, 0.3) is 0 Å². The van der Waals surface area contributed by atoms with E-state index in [1.165, 1.54) is 11.1 Å². The molecule has 0 N–H and O–H groups in total. The summed E-state index contributed by atoms with van der Waals surface area (Å²) in [6.07, 6.45) is 1.06. The second kappa shape index (κ2) is 10.3. The number of carbonyl (C=O) groups is 1. The van der Waals surface area contributed by atoms with E-state index in [0.29, 0.717) is 0 Å². The molecule has 80 valence electrons. The Morgan fingerprint density at radius 2 is 1.79 bits per heavy atom. The van der Waals surface area contributed by atoms with Gasteiger partial charge >= 0.3 is 0 Å². The molecule has 0 bridgehead atoms. The molecule has 1 aromatic carbocycles. The molecular formula is C12H19ClO. The van der Waals surface area contributed by atoms with Gasteiger partial charge in [0.1, 0.15) is 6.79 Å². The lowest BCUT2D eigenvalue weighted by molar-refractivity contribution is -0.0979. The fourth-order valence-corrected chi connectivity index (χ4v) is 1.22. The first-order valence-electron chi connectivity index (χ1n) is 4.78. The largest absolute Gasteiger partial charge is 0.307 e. The van der Waals surface area contributed by atoms with E-state index in [1.54, 1.807) is 0 Å². The maximum atomic E-state index is 8.00. The summed E-state index contributed by atoms with van der Waals surface area (Å²) < 4.78 is 0. The molecule has 1 rings (SSSR count). The van der Waals surface area contributed by atoms with E-state index >= 15 is 0 Å². The van der Waals surface area contributed by atoms with E-state index in [4.69, 9.17) is 16.4 Å². The van der Waals surface area contributed by atoms with Crippen LogP contribution < -0.4 is 0 Å². The number of hydrogen-bond acceptors (Lipinski definition) is 1. The highest BCUT2D eigenvalue weighted by atomic mass is 35.5. The molecule has 0 heterocycles. The van der Waals surface area contributed by atoms with Crippen molar-refractivity contribution in [1.82, 2.24) is 0 Å². The van der Waals surface area contributed by atoms with Gasteiger partial charge in [-0.05, 0) is 36.6 Å². The third kappa shape index (κ3) is 5.76. The molecule has 0 amide bonds. The minimum atomic E-state index is 0.836. The van der Waals surface area contributed by atoms with Gasteiger partial charge in [0, 0.05) is 5.02 Å². The molecule has 0 fully saturated rings. The predicted octanol–water partition coefficient (Wildman–Crippen LogP) is 4.05. The third-order valence-corrected chi connectivity index (χ3v) is 1.93. The summed E-state index contributed by atoms with van der Waals surface area (Å²) in [5, 5.41) is 0.836. The molecule has 14 heavy (non-hydrogen) atoms. The van der Waals surface area contributed by atoms with Crippen molar-refractivity contribution in [3.63, 3.8) is 0 Å². The molecule has 0 saturated carbocycles. The fourth-order valence-electron chi connectivity index (χ4n) is 1.02. The SMILES string of the molecule is C=O.CC.CCc1cc(Cl)ccc1C. The van der Waals surface area contributed by atoms with Crippen molar-refractivity contribution in [2.75, 3.05) is 0 Å². The van der Waals surface area contributed by atoms with Crippen molar-refractivity contribution in [2.45, 2.75) is 34.1 Å². The summed E-state index contributed by atoms with van der Waals surface area (Å²) in [5.41, 5.74) is 2.67. The number of rotatable bonds is 1. The average molecular weight is 215 g/mol. The van der Waals surface area contributed by atoms with Crippen molar-refractivity contribution < 1.29 is 4.79 Å². The first kappa shape index (κ1) is 15.6. The molecule has 0 aliphatic rings. The maximum absolute atomic E-state index is 8.00. The maximum Gasteiger partial charge on any atom is 0.106 e. The van der Waals surface area contributed by atoms with Crippen LogP contribution in [0.4, 0.5) is 0 Å². The lowest BCUT2D eigenvalue weighted by atomic mass is 10.1. The second-order valence-corrected chi connectivity index (χ2v) is 2.86. The highest BCUT2D eigenvalue weighted by Crippen LogP contribution is 2.15. The van der Waals surface area contributed by atoms with Gasteiger partial charge in [-0.2, -0.15) is 0 Å². The van der Waals surface area contributed by atoms with Gasteiger partial charge < -0.3 is 4.79 Å². The van der Waals surface area contributed by atoms with Crippen molar-refractivity contribution in [3.05, 3.63) is 34.3 Å². The highest BCUT2D eigenvalue weighted by molar-refractivity contribution is 6.30. The Bertz CT molecular complexity index is 246. The summed E-state index contributed by atoms with van der Waals surface area (Å²) >= 11 is 5.80. The molecule has 0 aliphatic carbocycles. The van der Waals surface area contributed by atoms with Gasteiger partial charge in [-0.25, -0.2) is 0 Å². The Hall–Kier alpha value is -0.820. The number of aryl methyl sites for hydroxylation is 2. The van der Waals surface area contributed by atoms with Crippen LogP contribution in [0.15, 0.2) is 18.2 Å². The summed E-state index contributed by atoms with van der Waals surface area (Å²) in [7, 11) is 0. The summed E-state index contributed by atoms with van der Waals surface area (Å²) in [6, 6.07) is 6.01. The summed E-state index contributed by atoms with van der Waals surface area (Å²) in [5.74, 6) is 0. The average Bonchev–Trinajstić information content (AvgIpc) is 2.27. The number of carbonyl (C=O) groups excluding carboxylic acids is 1. The quantitative estimate of drug-likeness (QED) is 0.689. The van der Waals surface area contributed by atoms with Crippen LogP contribution in [0.1, 0.15) is 31.9 Å². The molecular weight excluding hydrogens is 196 g/mol. The van der Waals surface area contributed by atoms with Crippen LogP contribution in [0, 0.1) is 6.92 Å². The van der Waals surface area contributed by atoms with Gasteiger partial charge in [0.2, 0.25) is 0 Å².